The Morgan fingerprint density at radius 2 is 2.04 bits per heavy atom. The highest BCUT2D eigenvalue weighted by Gasteiger charge is 2.24. The lowest BCUT2D eigenvalue weighted by atomic mass is 10.0. The highest BCUT2D eigenvalue weighted by molar-refractivity contribution is 5.94. The lowest BCUT2D eigenvalue weighted by Crippen LogP contribution is -2.36. The third kappa shape index (κ3) is 4.77. The van der Waals surface area contributed by atoms with Crippen molar-refractivity contribution in [2.45, 2.75) is 18.9 Å². The first-order chi connectivity index (χ1) is 13.1. The largest absolute Gasteiger partial charge is 0.497 e. The zero-order chi connectivity index (χ0) is 19.2. The van der Waals surface area contributed by atoms with Crippen molar-refractivity contribution >= 4 is 11.7 Å². The van der Waals surface area contributed by atoms with Gasteiger partial charge in [-0.1, -0.05) is 12.1 Å². The molecule has 1 fully saturated rings. The number of hydrogen-bond donors (Lipinski definition) is 1. The summed E-state index contributed by atoms with van der Waals surface area (Å²) in [5, 5.41) is 3.11. The number of rotatable bonds is 7. The Labute approximate surface area is 161 Å². The Morgan fingerprint density at radius 1 is 1.26 bits per heavy atom. The summed E-state index contributed by atoms with van der Waals surface area (Å²) in [6, 6.07) is 11.8. The second-order valence-electron chi connectivity index (χ2n) is 7.04. The third-order valence-electron chi connectivity index (χ3n) is 4.98. The van der Waals surface area contributed by atoms with E-state index in [1.807, 2.05) is 37.2 Å². The molecule has 0 bridgehead atoms. The lowest BCUT2D eigenvalue weighted by molar-refractivity contribution is 0.0938. The van der Waals surface area contributed by atoms with Crippen LogP contribution in [0.5, 0.6) is 5.75 Å². The van der Waals surface area contributed by atoms with E-state index < -0.39 is 0 Å². The monoisotopic (exact) mass is 368 g/mol. The summed E-state index contributed by atoms with van der Waals surface area (Å²) in [7, 11) is 5.50. The summed E-state index contributed by atoms with van der Waals surface area (Å²) in [6.07, 6.45) is 4.07. The molecular formula is C21H28N4O2. The van der Waals surface area contributed by atoms with Gasteiger partial charge < -0.3 is 15.0 Å². The summed E-state index contributed by atoms with van der Waals surface area (Å²) >= 11 is 0. The number of carbonyl (C=O) groups excluding carboxylic acids is 1. The molecule has 1 aliphatic heterocycles. The summed E-state index contributed by atoms with van der Waals surface area (Å²) in [5.74, 6) is 1.53. The SMILES string of the molecule is COc1cccc(C(CNC(=O)c2ccnc(N(C)C)c2)N2CCCC2)c1. The number of likely N-dealkylation sites (tertiary alicyclic amines) is 1. The standard InChI is InChI=1S/C21H28N4O2/c1-24(2)20-14-17(9-10-22-20)21(26)23-15-19(25-11-4-5-12-25)16-7-6-8-18(13-16)27-3/h6-10,13-14,19H,4-5,11-12,15H2,1-3H3,(H,23,26). The zero-order valence-corrected chi connectivity index (χ0v) is 16.3. The number of anilines is 1. The van der Waals surface area contributed by atoms with E-state index in [9.17, 15) is 4.79 Å². The van der Waals surface area contributed by atoms with Crippen molar-refractivity contribution in [3.05, 3.63) is 53.7 Å². The number of ether oxygens (including phenoxy) is 1. The Hall–Kier alpha value is -2.60. The van der Waals surface area contributed by atoms with Crippen LogP contribution in [0, 0.1) is 0 Å². The fourth-order valence-electron chi connectivity index (χ4n) is 3.46. The predicted octanol–water partition coefficient (Wildman–Crippen LogP) is 2.72. The molecule has 27 heavy (non-hydrogen) atoms. The van der Waals surface area contributed by atoms with Gasteiger partial charge in [-0.15, -0.1) is 0 Å². The van der Waals surface area contributed by atoms with Crippen LogP contribution in [0.25, 0.3) is 0 Å². The molecule has 0 aliphatic carbocycles. The predicted molar refractivity (Wildman–Crippen MR) is 107 cm³/mol. The van der Waals surface area contributed by atoms with Crippen molar-refractivity contribution in [2.75, 3.05) is 45.7 Å². The number of nitrogens with zero attached hydrogens (tertiary/aromatic N) is 3. The van der Waals surface area contributed by atoms with Gasteiger partial charge in [-0.05, 0) is 55.8 Å². The molecular weight excluding hydrogens is 340 g/mol. The highest BCUT2D eigenvalue weighted by Crippen LogP contribution is 2.27. The van der Waals surface area contributed by atoms with E-state index in [1.54, 1.807) is 19.4 Å². The van der Waals surface area contributed by atoms with Gasteiger partial charge in [0, 0.05) is 32.4 Å². The summed E-state index contributed by atoms with van der Waals surface area (Å²) in [6.45, 7) is 2.67. The topological polar surface area (TPSA) is 57.7 Å². The maximum atomic E-state index is 12.7. The van der Waals surface area contributed by atoms with Crippen molar-refractivity contribution in [2.24, 2.45) is 0 Å². The average molecular weight is 368 g/mol. The third-order valence-corrected chi connectivity index (χ3v) is 4.98. The van der Waals surface area contributed by atoms with Crippen molar-refractivity contribution in [3.63, 3.8) is 0 Å². The maximum absolute atomic E-state index is 12.7. The van der Waals surface area contributed by atoms with Crippen LogP contribution in [0.2, 0.25) is 0 Å². The van der Waals surface area contributed by atoms with Crippen LogP contribution in [-0.4, -0.2) is 56.6 Å². The molecule has 1 aromatic carbocycles. The molecule has 2 heterocycles. The minimum Gasteiger partial charge on any atom is -0.497 e. The van der Waals surface area contributed by atoms with Crippen molar-refractivity contribution in [1.29, 1.82) is 0 Å². The molecule has 1 N–H and O–H groups in total. The normalized spacial score (nSPS) is 15.4. The molecule has 1 atom stereocenters. The van der Waals surface area contributed by atoms with Gasteiger partial charge in [0.1, 0.15) is 11.6 Å². The number of hydrogen-bond acceptors (Lipinski definition) is 5. The molecule has 1 amide bonds. The number of pyridine rings is 1. The number of amides is 1. The van der Waals surface area contributed by atoms with Gasteiger partial charge in [0.05, 0.1) is 13.2 Å². The number of carbonyl (C=O) groups is 1. The molecule has 144 valence electrons. The first kappa shape index (κ1) is 19.2. The van der Waals surface area contributed by atoms with E-state index in [0.29, 0.717) is 12.1 Å². The summed E-state index contributed by atoms with van der Waals surface area (Å²) in [4.78, 5) is 21.3. The van der Waals surface area contributed by atoms with E-state index in [4.69, 9.17) is 4.74 Å². The van der Waals surface area contributed by atoms with Crippen LogP contribution in [0.1, 0.15) is 34.8 Å². The summed E-state index contributed by atoms with van der Waals surface area (Å²) < 4.78 is 5.38. The first-order valence-corrected chi connectivity index (χ1v) is 9.38. The maximum Gasteiger partial charge on any atom is 0.251 e. The molecule has 6 nitrogen and oxygen atoms in total. The van der Waals surface area contributed by atoms with Gasteiger partial charge in [-0.3, -0.25) is 9.69 Å². The van der Waals surface area contributed by atoms with Gasteiger partial charge in [0.2, 0.25) is 0 Å². The highest BCUT2D eigenvalue weighted by atomic mass is 16.5. The number of methoxy groups -OCH3 is 1. The molecule has 6 heteroatoms. The van der Waals surface area contributed by atoms with Crippen molar-refractivity contribution < 1.29 is 9.53 Å². The van der Waals surface area contributed by atoms with Crippen LogP contribution in [-0.2, 0) is 0 Å². The molecule has 1 saturated heterocycles. The Bertz CT molecular complexity index is 772. The van der Waals surface area contributed by atoms with E-state index >= 15 is 0 Å². The second kappa shape index (κ2) is 8.86. The van der Waals surface area contributed by atoms with Gasteiger partial charge in [0.15, 0.2) is 0 Å². The van der Waals surface area contributed by atoms with E-state index in [2.05, 4.69) is 27.3 Å². The quantitative estimate of drug-likeness (QED) is 0.814. The molecule has 3 rings (SSSR count). The Balaban J connectivity index is 1.74. The van der Waals surface area contributed by atoms with Gasteiger partial charge in [-0.2, -0.15) is 0 Å². The first-order valence-electron chi connectivity index (χ1n) is 9.38. The molecule has 2 aromatic rings. The Morgan fingerprint density at radius 3 is 2.74 bits per heavy atom. The smallest absolute Gasteiger partial charge is 0.251 e. The van der Waals surface area contributed by atoms with E-state index in [-0.39, 0.29) is 11.9 Å². The molecule has 1 unspecified atom stereocenters. The second-order valence-corrected chi connectivity index (χ2v) is 7.04. The number of benzene rings is 1. The number of nitrogens with one attached hydrogen (secondary N) is 1. The van der Waals surface area contributed by atoms with Crippen LogP contribution in [0.4, 0.5) is 5.82 Å². The molecule has 0 radical (unpaired) electrons. The molecule has 0 spiro atoms. The van der Waals surface area contributed by atoms with Crippen LogP contribution < -0.4 is 15.0 Å². The van der Waals surface area contributed by atoms with Crippen LogP contribution in [0.3, 0.4) is 0 Å². The average Bonchev–Trinajstić information content (AvgIpc) is 3.22. The summed E-state index contributed by atoms with van der Waals surface area (Å²) in [5.41, 5.74) is 1.79. The minimum absolute atomic E-state index is 0.0763. The van der Waals surface area contributed by atoms with Gasteiger partial charge >= 0.3 is 0 Å². The van der Waals surface area contributed by atoms with E-state index in [1.165, 1.54) is 18.4 Å². The van der Waals surface area contributed by atoms with Crippen molar-refractivity contribution in [3.8, 4) is 5.75 Å². The fourth-order valence-corrected chi connectivity index (χ4v) is 3.46. The van der Waals surface area contributed by atoms with Crippen LogP contribution >= 0.6 is 0 Å². The van der Waals surface area contributed by atoms with E-state index in [0.717, 1.165) is 24.7 Å². The zero-order valence-electron chi connectivity index (χ0n) is 16.3. The fraction of sp³-hybridized carbons (Fsp3) is 0.429. The van der Waals surface area contributed by atoms with Gasteiger partial charge in [0.25, 0.3) is 5.91 Å². The van der Waals surface area contributed by atoms with Crippen molar-refractivity contribution in [1.82, 2.24) is 15.2 Å². The lowest BCUT2D eigenvalue weighted by Gasteiger charge is -2.28. The molecule has 0 saturated carbocycles. The Kier molecular flexibility index (Phi) is 6.29. The van der Waals surface area contributed by atoms with Gasteiger partial charge in [-0.25, -0.2) is 4.98 Å². The number of aromatic nitrogens is 1. The minimum atomic E-state index is -0.0763. The molecule has 1 aromatic heterocycles. The molecule has 1 aliphatic rings. The van der Waals surface area contributed by atoms with Crippen LogP contribution in [0.15, 0.2) is 42.6 Å².